The van der Waals surface area contributed by atoms with Crippen molar-refractivity contribution in [3.8, 4) is 5.75 Å². The first-order valence-corrected chi connectivity index (χ1v) is 17.1. The smallest absolute Gasteiger partial charge is 0.253 e. The summed E-state index contributed by atoms with van der Waals surface area (Å²) >= 11 is -0.910. The van der Waals surface area contributed by atoms with Gasteiger partial charge in [-0.1, -0.05) is 0 Å². The van der Waals surface area contributed by atoms with Crippen molar-refractivity contribution in [3.05, 3.63) is 56.5 Å². The first kappa shape index (κ1) is 31.8. The number of hydrogen-bond donors (Lipinski definition) is 2. The van der Waals surface area contributed by atoms with Gasteiger partial charge in [0.25, 0.3) is 11.5 Å². The van der Waals surface area contributed by atoms with E-state index in [0.717, 1.165) is 94.1 Å². The number of benzene rings is 1. The predicted molar refractivity (Wildman–Crippen MR) is 170 cm³/mol. The van der Waals surface area contributed by atoms with Gasteiger partial charge in [-0.05, 0) is 63.8 Å². The molecule has 3 aliphatic rings. The quantitative estimate of drug-likeness (QED) is 0.394. The molecule has 11 heteroatoms. The lowest BCUT2D eigenvalue weighted by Crippen LogP contribution is -2.56. The summed E-state index contributed by atoms with van der Waals surface area (Å²) in [5.74, 6) is 0.486. The van der Waals surface area contributed by atoms with E-state index in [1.165, 1.54) is 0 Å². The Labute approximate surface area is 258 Å². The number of nitrogens with one attached hydrogen (secondary N) is 2. The Morgan fingerprint density at radius 1 is 1.14 bits per heavy atom. The van der Waals surface area contributed by atoms with E-state index in [9.17, 15) is 14.1 Å². The predicted octanol–water partition coefficient (Wildman–Crippen LogP) is 3.06. The fourth-order valence-corrected chi connectivity index (χ4v) is 7.39. The van der Waals surface area contributed by atoms with Crippen LogP contribution in [0.2, 0.25) is 0 Å². The molecule has 0 bridgehead atoms. The third-order valence-corrected chi connectivity index (χ3v) is 10.4. The minimum Gasteiger partial charge on any atom is -0.598 e. The van der Waals surface area contributed by atoms with Gasteiger partial charge in [0.1, 0.15) is 18.1 Å². The summed E-state index contributed by atoms with van der Waals surface area (Å²) in [5.41, 5.74) is 4.54. The molecular formula is C32H47N5O5S. The van der Waals surface area contributed by atoms with E-state index in [-0.39, 0.29) is 24.1 Å². The van der Waals surface area contributed by atoms with Gasteiger partial charge >= 0.3 is 0 Å². The van der Waals surface area contributed by atoms with E-state index in [0.29, 0.717) is 29.0 Å². The molecule has 1 amide bonds. The van der Waals surface area contributed by atoms with Crippen LogP contribution in [0.5, 0.6) is 5.75 Å². The molecule has 1 atom stereocenters. The number of rotatable bonds is 10. The Hall–Kier alpha value is -2.57. The van der Waals surface area contributed by atoms with Crippen LogP contribution in [0.15, 0.2) is 23.0 Å². The maximum absolute atomic E-state index is 13.7. The van der Waals surface area contributed by atoms with Gasteiger partial charge < -0.3 is 29.2 Å². The van der Waals surface area contributed by atoms with Crippen LogP contribution in [-0.2, 0) is 22.6 Å². The van der Waals surface area contributed by atoms with Gasteiger partial charge in [-0.15, -0.1) is 4.31 Å². The summed E-state index contributed by atoms with van der Waals surface area (Å²) in [4.78, 5) is 34.0. The first-order chi connectivity index (χ1) is 20.6. The Morgan fingerprint density at radius 2 is 1.84 bits per heavy atom. The molecule has 3 heterocycles. The summed E-state index contributed by atoms with van der Waals surface area (Å²) in [5, 5.41) is 3.01. The maximum atomic E-state index is 13.7. The minimum absolute atomic E-state index is 0.0849. The normalized spacial score (nSPS) is 22.6. The number of anilines is 1. The molecule has 2 N–H and O–H groups in total. The number of piperazine rings is 1. The zero-order chi connectivity index (χ0) is 30.7. The molecule has 236 valence electrons. The third kappa shape index (κ3) is 7.39. The van der Waals surface area contributed by atoms with Gasteiger partial charge in [0.2, 0.25) is 0 Å². The van der Waals surface area contributed by atoms with Crippen LogP contribution in [-0.4, -0.2) is 95.0 Å². The topological polar surface area (TPSA) is 113 Å². The summed E-state index contributed by atoms with van der Waals surface area (Å²) in [7, 11) is 0. The molecule has 1 aromatic heterocycles. The molecular weight excluding hydrogens is 566 g/mol. The van der Waals surface area contributed by atoms with Gasteiger partial charge in [-0.3, -0.25) is 14.5 Å². The number of aryl methyl sites for hydroxylation is 2. The number of carbonyl (C=O) groups is 1. The van der Waals surface area contributed by atoms with E-state index in [1.807, 2.05) is 37.2 Å². The van der Waals surface area contributed by atoms with Crippen molar-refractivity contribution in [2.75, 3.05) is 57.1 Å². The SMILES string of the molecule is CCN(c1cc(OC2CC(N3CCN([S+](C)[O-])CC3)C2)cc(C(=O)NCc2c(C)cc(C)[nH]c2=O)c1C)C1CCOCC1. The van der Waals surface area contributed by atoms with Crippen LogP contribution >= 0.6 is 0 Å². The molecule has 3 fully saturated rings. The number of carbonyl (C=O) groups excluding carboxylic acids is 1. The Morgan fingerprint density at radius 3 is 2.47 bits per heavy atom. The van der Waals surface area contributed by atoms with Crippen molar-refractivity contribution in [1.82, 2.24) is 19.5 Å². The average molecular weight is 614 g/mol. The second-order valence-electron chi connectivity index (χ2n) is 12.1. The number of aromatic amines is 1. The summed E-state index contributed by atoms with van der Waals surface area (Å²) < 4.78 is 26.0. The van der Waals surface area contributed by atoms with Crippen LogP contribution in [0, 0.1) is 20.8 Å². The number of aromatic nitrogens is 1. The van der Waals surface area contributed by atoms with Crippen molar-refractivity contribution in [1.29, 1.82) is 0 Å². The van der Waals surface area contributed by atoms with E-state index in [1.54, 1.807) is 6.26 Å². The van der Waals surface area contributed by atoms with Crippen molar-refractivity contribution in [3.63, 3.8) is 0 Å². The van der Waals surface area contributed by atoms with Crippen molar-refractivity contribution in [2.24, 2.45) is 0 Å². The molecule has 1 unspecified atom stereocenters. The number of amides is 1. The Bertz CT molecular complexity index is 1330. The second kappa shape index (κ2) is 14.0. The van der Waals surface area contributed by atoms with E-state index in [4.69, 9.17) is 9.47 Å². The van der Waals surface area contributed by atoms with Crippen LogP contribution in [0.4, 0.5) is 5.69 Å². The summed E-state index contributed by atoms with van der Waals surface area (Å²) in [6.07, 6.45) is 5.59. The van der Waals surface area contributed by atoms with Crippen LogP contribution < -0.4 is 20.5 Å². The molecule has 2 aromatic rings. The van der Waals surface area contributed by atoms with E-state index in [2.05, 4.69) is 33.1 Å². The maximum Gasteiger partial charge on any atom is 0.253 e. The van der Waals surface area contributed by atoms with Crippen molar-refractivity contribution >= 4 is 23.0 Å². The van der Waals surface area contributed by atoms with Crippen LogP contribution in [0.3, 0.4) is 0 Å². The monoisotopic (exact) mass is 613 g/mol. The Kier molecular flexibility index (Phi) is 10.4. The first-order valence-electron chi connectivity index (χ1n) is 15.6. The number of hydrogen-bond acceptors (Lipinski definition) is 8. The third-order valence-electron chi connectivity index (χ3n) is 9.33. The molecule has 10 nitrogen and oxygen atoms in total. The molecule has 1 aromatic carbocycles. The highest BCUT2D eigenvalue weighted by Crippen LogP contribution is 2.36. The summed E-state index contributed by atoms with van der Waals surface area (Å²) in [6, 6.07) is 6.69. The zero-order valence-corrected chi connectivity index (χ0v) is 27.1. The van der Waals surface area contributed by atoms with Crippen molar-refractivity contribution < 1.29 is 18.8 Å². The number of ether oxygens (including phenoxy) is 2. The largest absolute Gasteiger partial charge is 0.598 e. The molecule has 5 rings (SSSR count). The van der Waals surface area contributed by atoms with Gasteiger partial charge in [-0.25, -0.2) is 0 Å². The van der Waals surface area contributed by atoms with Gasteiger partial charge in [0, 0.05) is 104 Å². The highest BCUT2D eigenvalue weighted by molar-refractivity contribution is 7.88. The fraction of sp³-hybridized carbons (Fsp3) is 0.625. The number of nitrogens with zero attached hydrogens (tertiary/aromatic N) is 3. The van der Waals surface area contributed by atoms with Gasteiger partial charge in [0.05, 0.1) is 13.1 Å². The fourth-order valence-electron chi connectivity index (χ4n) is 6.71. The molecule has 43 heavy (non-hydrogen) atoms. The lowest BCUT2D eigenvalue weighted by Gasteiger charge is -2.45. The molecule has 0 radical (unpaired) electrons. The molecule has 1 aliphatic carbocycles. The van der Waals surface area contributed by atoms with Gasteiger partial charge in [0.15, 0.2) is 0 Å². The lowest BCUT2D eigenvalue weighted by atomic mass is 9.87. The molecule has 2 aliphatic heterocycles. The van der Waals surface area contributed by atoms with E-state index >= 15 is 0 Å². The number of pyridine rings is 1. The average Bonchev–Trinajstić information content (AvgIpc) is 2.96. The van der Waals surface area contributed by atoms with E-state index < -0.39 is 11.4 Å². The van der Waals surface area contributed by atoms with Gasteiger partial charge in [-0.2, -0.15) is 0 Å². The second-order valence-corrected chi connectivity index (χ2v) is 13.5. The van der Waals surface area contributed by atoms with Crippen LogP contribution in [0.25, 0.3) is 0 Å². The highest BCUT2D eigenvalue weighted by atomic mass is 32.2. The zero-order valence-electron chi connectivity index (χ0n) is 26.2. The standard InChI is InChI=1S/C32H47N5O5S/c1-6-37(24-7-13-41-14-8-24)30-19-27(42-26-16-25(17-26)35-9-11-36(12-10-35)43(5)40)18-28(23(30)4)31(38)33-20-29-21(2)15-22(3)34-32(29)39/h15,18-19,24-26H,6-14,16-17,20H2,1-5H3,(H,33,38)(H,34,39). The number of H-pyrrole nitrogens is 1. The highest BCUT2D eigenvalue weighted by Gasteiger charge is 2.38. The molecule has 2 saturated heterocycles. The molecule has 1 saturated carbocycles. The molecule has 0 spiro atoms. The van der Waals surface area contributed by atoms with Crippen LogP contribution in [0.1, 0.15) is 65.3 Å². The minimum atomic E-state index is -0.910. The Balaban J connectivity index is 1.33. The lowest BCUT2D eigenvalue weighted by molar-refractivity contribution is 0.00408. The van der Waals surface area contributed by atoms with Crippen molar-refractivity contribution in [2.45, 2.75) is 78.1 Å². The summed E-state index contributed by atoms with van der Waals surface area (Å²) in [6.45, 7) is 13.9.